The second kappa shape index (κ2) is 43.2. The van der Waals surface area contributed by atoms with E-state index in [4.69, 9.17) is 62.6 Å². The summed E-state index contributed by atoms with van der Waals surface area (Å²) in [5.74, 6) is 1.07. The fraction of sp³-hybridized carbons (Fsp3) is 0.906. The van der Waals surface area contributed by atoms with Crippen molar-refractivity contribution in [2.24, 2.45) is 59.0 Å². The van der Waals surface area contributed by atoms with E-state index < -0.39 is 5.54 Å². The van der Waals surface area contributed by atoms with Gasteiger partial charge in [0.1, 0.15) is 19.8 Å². The van der Waals surface area contributed by atoms with Crippen molar-refractivity contribution in [3.05, 3.63) is 0 Å². The number of nitrogens with two attached hydrogens (primary N) is 1. The Morgan fingerprint density at radius 2 is 0.616 bits per heavy atom. The third-order valence-electron chi connectivity index (χ3n) is 17.9. The molecule has 500 valence electrons. The second-order valence-corrected chi connectivity index (χ2v) is 24.9. The first-order valence-corrected chi connectivity index (χ1v) is 32.6. The molecule has 3 amide bonds. The number of ether oxygens (including phenoxy) is 12. The number of hydrogen-bond donors (Lipinski definition) is 4. The lowest BCUT2D eigenvalue weighted by atomic mass is 9.79. The minimum absolute atomic E-state index is 0.0234. The SMILES string of the molecule is CC(=O)OCC1O[C@@H](OCCCCCCNC(=O)CCOCC(N)(COCCC(=O)NCCCCCCO[C@@H]2OC(COC(C)=O)[C@H](C)C(C)[C@@H]2C)COCCC(=O)NCCCCCCO[C@@H]2OC(COC(C)=O)[C@H](C)C(C)[C@@H]2C)[C@@H](C)C(C)[C@H]1C. The highest BCUT2D eigenvalue weighted by Gasteiger charge is 2.42. The van der Waals surface area contributed by atoms with Crippen LogP contribution in [0.3, 0.4) is 0 Å². The van der Waals surface area contributed by atoms with Crippen LogP contribution in [0.5, 0.6) is 0 Å². The summed E-state index contributed by atoms with van der Waals surface area (Å²) in [5.41, 5.74) is 5.67. The van der Waals surface area contributed by atoms with Gasteiger partial charge in [-0.3, -0.25) is 28.8 Å². The van der Waals surface area contributed by atoms with Crippen LogP contribution in [0.1, 0.15) is 179 Å². The van der Waals surface area contributed by atoms with Gasteiger partial charge in [0.15, 0.2) is 18.9 Å². The van der Waals surface area contributed by atoms with E-state index in [9.17, 15) is 28.8 Å². The van der Waals surface area contributed by atoms with Gasteiger partial charge in [-0.15, -0.1) is 0 Å². The molecule has 3 saturated heterocycles. The minimum Gasteiger partial charge on any atom is -0.463 e. The van der Waals surface area contributed by atoms with Crippen LogP contribution in [-0.4, -0.2) is 177 Å². The predicted octanol–water partition coefficient (Wildman–Crippen LogP) is 7.57. The number of amides is 3. The molecule has 5 N–H and O–H groups in total. The summed E-state index contributed by atoms with van der Waals surface area (Å²) < 4.78 is 70.4. The molecule has 0 bridgehead atoms. The van der Waals surface area contributed by atoms with Crippen molar-refractivity contribution in [3.8, 4) is 0 Å². The van der Waals surface area contributed by atoms with Gasteiger partial charge in [0.05, 0.1) is 63.5 Å². The quantitative estimate of drug-likeness (QED) is 0.0260. The standard InChI is InChI=1S/C64H116N4O18/c1-43-46(4)55(37-81-52(10)69)84-61(49(43)7)78-31-22-16-13-19-28-66-58(72)25-34-75-40-64(65,41-76-35-26-59(73)67-29-20-14-17-23-32-79-62-50(8)44(2)47(5)56(85-62)38-82-53(11)70)42-77-36-27-60(74)68-30-21-15-18-24-33-80-63-51(9)45(3)48(6)57(86-63)39-83-54(12)71/h43-51,55-57,61-63H,13-42,65H2,1-12H3,(H,66,72)(H,67,73)(H,68,74)/t43?,44?,45?,46-,47-,48-,49+,50+,51+,55?,56?,57?,61-,62-,63-,64?/m1/s1. The molecule has 3 rings (SSSR count). The van der Waals surface area contributed by atoms with Crippen molar-refractivity contribution in [2.75, 3.05) is 98.9 Å². The molecule has 0 spiro atoms. The molecule has 0 aromatic carbocycles. The zero-order chi connectivity index (χ0) is 63.4. The molecule has 0 aromatic heterocycles. The van der Waals surface area contributed by atoms with Crippen molar-refractivity contribution in [3.63, 3.8) is 0 Å². The number of carbonyl (C=O) groups excluding carboxylic acids is 6. The van der Waals surface area contributed by atoms with Crippen LogP contribution in [0.15, 0.2) is 0 Å². The molecule has 86 heavy (non-hydrogen) atoms. The minimum atomic E-state index is -1.11. The molecule has 6 unspecified atom stereocenters. The van der Waals surface area contributed by atoms with E-state index in [0.717, 1.165) is 77.0 Å². The molecular weight excluding hydrogens is 1110 g/mol. The lowest BCUT2D eigenvalue weighted by Crippen LogP contribution is -2.53. The maximum Gasteiger partial charge on any atom is 0.302 e. The van der Waals surface area contributed by atoms with Crippen LogP contribution in [-0.2, 0) is 85.6 Å². The van der Waals surface area contributed by atoms with Crippen LogP contribution in [0.25, 0.3) is 0 Å². The summed E-state index contributed by atoms with van der Waals surface area (Å²) in [6.07, 6.45) is 9.44. The highest BCUT2D eigenvalue weighted by Crippen LogP contribution is 2.38. The van der Waals surface area contributed by atoms with Crippen LogP contribution >= 0.6 is 0 Å². The van der Waals surface area contributed by atoms with E-state index in [1.807, 2.05) is 0 Å². The molecule has 0 radical (unpaired) electrons. The lowest BCUT2D eigenvalue weighted by Gasteiger charge is -2.43. The van der Waals surface area contributed by atoms with Gasteiger partial charge in [-0.05, 0) is 74.0 Å². The first kappa shape index (κ1) is 76.7. The van der Waals surface area contributed by atoms with Crippen LogP contribution in [0.2, 0.25) is 0 Å². The molecule has 0 saturated carbocycles. The number of carbonyl (C=O) groups is 6. The van der Waals surface area contributed by atoms with Crippen molar-refractivity contribution in [1.82, 2.24) is 16.0 Å². The van der Waals surface area contributed by atoms with Gasteiger partial charge >= 0.3 is 17.9 Å². The lowest BCUT2D eigenvalue weighted by molar-refractivity contribution is -0.255. The normalized spacial score (nSPS) is 28.2. The number of hydrogen-bond acceptors (Lipinski definition) is 19. The largest absolute Gasteiger partial charge is 0.463 e. The van der Waals surface area contributed by atoms with Crippen molar-refractivity contribution < 1.29 is 85.6 Å². The van der Waals surface area contributed by atoms with E-state index in [-0.39, 0.29) is 187 Å². The van der Waals surface area contributed by atoms with Gasteiger partial charge < -0.3 is 78.5 Å². The fourth-order valence-corrected chi connectivity index (χ4v) is 10.9. The van der Waals surface area contributed by atoms with Crippen LogP contribution in [0, 0.1) is 53.3 Å². The predicted molar refractivity (Wildman–Crippen MR) is 324 cm³/mol. The zero-order valence-corrected chi connectivity index (χ0v) is 54.8. The Kier molecular flexibility index (Phi) is 38.5. The first-order chi connectivity index (χ1) is 41.0. The third kappa shape index (κ3) is 30.8. The van der Waals surface area contributed by atoms with E-state index in [2.05, 4.69) is 78.3 Å². The van der Waals surface area contributed by atoms with Gasteiger partial charge in [0.2, 0.25) is 17.7 Å². The fourth-order valence-electron chi connectivity index (χ4n) is 10.9. The Balaban J connectivity index is 1.32. The highest BCUT2D eigenvalue weighted by atomic mass is 16.7. The Labute approximate surface area is 515 Å². The smallest absolute Gasteiger partial charge is 0.302 e. The Morgan fingerprint density at radius 3 is 0.872 bits per heavy atom. The number of nitrogens with one attached hydrogen (secondary N) is 3. The molecule has 3 heterocycles. The maximum absolute atomic E-state index is 12.7. The summed E-state index contributed by atoms with van der Waals surface area (Å²) in [4.78, 5) is 72.3. The molecule has 22 heteroatoms. The van der Waals surface area contributed by atoms with Crippen LogP contribution < -0.4 is 21.7 Å². The van der Waals surface area contributed by atoms with Gasteiger partial charge in [-0.25, -0.2) is 0 Å². The third-order valence-corrected chi connectivity index (χ3v) is 17.9. The number of unbranched alkanes of at least 4 members (excludes halogenated alkanes) is 9. The number of rotatable bonds is 45. The molecule has 0 aliphatic carbocycles. The topological polar surface area (TPSA) is 275 Å². The summed E-state index contributed by atoms with van der Waals surface area (Å²) in [6, 6.07) is 0. The molecule has 3 aliphatic heterocycles. The van der Waals surface area contributed by atoms with E-state index >= 15 is 0 Å². The highest BCUT2D eigenvalue weighted by molar-refractivity contribution is 5.76. The van der Waals surface area contributed by atoms with Crippen LogP contribution in [0.4, 0.5) is 0 Å². The molecule has 3 fully saturated rings. The van der Waals surface area contributed by atoms with E-state index in [1.165, 1.54) is 20.8 Å². The monoisotopic (exact) mass is 1230 g/mol. The summed E-state index contributed by atoms with van der Waals surface area (Å²) >= 11 is 0. The van der Waals surface area contributed by atoms with E-state index in [0.29, 0.717) is 57.2 Å². The van der Waals surface area contributed by atoms with Gasteiger partial charge in [-0.1, -0.05) is 101 Å². The molecular formula is C64H116N4O18. The van der Waals surface area contributed by atoms with E-state index in [1.54, 1.807) is 0 Å². The average molecular weight is 1230 g/mol. The average Bonchev–Trinajstić information content (AvgIpc) is 1.72. The van der Waals surface area contributed by atoms with Gasteiger partial charge in [0, 0.05) is 97.2 Å². The first-order valence-electron chi connectivity index (χ1n) is 32.6. The summed E-state index contributed by atoms with van der Waals surface area (Å²) in [5, 5.41) is 8.90. The molecule has 3 aliphatic rings. The molecule has 22 nitrogen and oxygen atoms in total. The Bertz CT molecular complexity index is 1710. The van der Waals surface area contributed by atoms with Crippen molar-refractivity contribution in [1.29, 1.82) is 0 Å². The Morgan fingerprint density at radius 1 is 0.360 bits per heavy atom. The second-order valence-electron chi connectivity index (χ2n) is 24.9. The van der Waals surface area contributed by atoms with Gasteiger partial charge in [-0.2, -0.15) is 0 Å². The van der Waals surface area contributed by atoms with Gasteiger partial charge in [0.25, 0.3) is 0 Å². The van der Waals surface area contributed by atoms with Crippen molar-refractivity contribution >= 4 is 35.6 Å². The Hall–Kier alpha value is -3.58. The number of esters is 3. The molecule has 0 aromatic rings. The molecule has 15 atom stereocenters. The maximum atomic E-state index is 12.7. The van der Waals surface area contributed by atoms with Crippen molar-refractivity contribution in [2.45, 2.75) is 222 Å². The summed E-state index contributed by atoms with van der Waals surface area (Å²) in [7, 11) is 0. The summed E-state index contributed by atoms with van der Waals surface area (Å²) in [6.45, 7) is 27.9. The zero-order valence-electron chi connectivity index (χ0n) is 54.8.